The van der Waals surface area contributed by atoms with Gasteiger partial charge in [-0.25, -0.2) is 4.79 Å². The van der Waals surface area contributed by atoms with E-state index < -0.39 is 23.7 Å². The number of para-hydroxylation sites is 1. The molecule has 0 saturated heterocycles. The highest BCUT2D eigenvalue weighted by atomic mass is 19.4. The summed E-state index contributed by atoms with van der Waals surface area (Å²) in [6, 6.07) is 4.39. The van der Waals surface area contributed by atoms with Gasteiger partial charge < -0.3 is 10.8 Å². The van der Waals surface area contributed by atoms with Crippen molar-refractivity contribution in [1.82, 2.24) is 0 Å². The number of halogens is 4. The molecule has 0 radical (unpaired) electrons. The molecule has 0 bridgehead atoms. The minimum absolute atomic E-state index is 0.736. The van der Waals surface area contributed by atoms with Crippen LogP contribution < -0.4 is 5.73 Å². The van der Waals surface area contributed by atoms with Crippen LogP contribution in [0.25, 0.3) is 0 Å². The maximum absolute atomic E-state index is 11.9. The number of benzene rings is 1. The van der Waals surface area contributed by atoms with Crippen molar-refractivity contribution in [2.24, 2.45) is 5.73 Å². The summed E-state index contributed by atoms with van der Waals surface area (Å²) in [5, 5.41) is 8.73. The smallest absolute Gasteiger partial charge is 0.419 e. The molecule has 0 atom stereocenters. The molecule has 1 aromatic carbocycles. The second kappa shape index (κ2) is 5.18. The highest BCUT2D eigenvalue weighted by molar-refractivity contribution is 5.62. The van der Waals surface area contributed by atoms with E-state index in [2.05, 4.69) is 5.73 Å². The van der Waals surface area contributed by atoms with Crippen molar-refractivity contribution < 1.29 is 27.5 Å². The molecule has 0 heterocycles. The number of phenols is 1. The van der Waals surface area contributed by atoms with Crippen molar-refractivity contribution in [1.29, 1.82) is 0 Å². The molecule has 7 heteroatoms. The highest BCUT2D eigenvalue weighted by Crippen LogP contribution is 2.34. The fraction of sp³-hybridized carbons (Fsp3) is 0.125. The lowest BCUT2D eigenvalue weighted by Gasteiger charge is -2.06. The standard InChI is InChI=1S/C7H5F3O.CH2FNO/c8-7(9,10)5-3-1-2-4-6(5)11;2-1(3)4/h1-4,11H;(H2,3,4). The number of aromatic hydroxyl groups is 1. The topological polar surface area (TPSA) is 63.3 Å². The van der Waals surface area contributed by atoms with Gasteiger partial charge in [-0.3, -0.25) is 0 Å². The second-order valence-electron chi connectivity index (χ2n) is 2.32. The molecule has 1 aromatic rings. The van der Waals surface area contributed by atoms with E-state index in [4.69, 9.17) is 9.90 Å². The van der Waals surface area contributed by atoms with Gasteiger partial charge in [0.15, 0.2) is 0 Å². The Bertz CT molecular complexity index is 334. The minimum Gasteiger partial charge on any atom is -0.507 e. The van der Waals surface area contributed by atoms with E-state index in [0.29, 0.717) is 0 Å². The zero-order valence-corrected chi connectivity index (χ0v) is 7.25. The SMILES string of the molecule is NC(=O)F.Oc1ccccc1C(F)(F)F. The van der Waals surface area contributed by atoms with Crippen molar-refractivity contribution in [3.63, 3.8) is 0 Å². The average molecular weight is 225 g/mol. The van der Waals surface area contributed by atoms with E-state index in [1.165, 1.54) is 12.1 Å². The van der Waals surface area contributed by atoms with Crippen molar-refractivity contribution in [2.45, 2.75) is 6.18 Å². The first-order chi connectivity index (χ1) is 6.75. The Morgan fingerprint density at radius 3 is 1.93 bits per heavy atom. The van der Waals surface area contributed by atoms with Gasteiger partial charge in [-0.2, -0.15) is 13.2 Å². The van der Waals surface area contributed by atoms with Crippen molar-refractivity contribution >= 4 is 6.16 Å². The first-order valence-corrected chi connectivity index (χ1v) is 3.55. The fourth-order valence-corrected chi connectivity index (χ4v) is 0.713. The van der Waals surface area contributed by atoms with Crippen molar-refractivity contribution in [3.8, 4) is 5.75 Å². The van der Waals surface area contributed by atoms with E-state index >= 15 is 0 Å². The third-order valence-electron chi connectivity index (χ3n) is 1.21. The van der Waals surface area contributed by atoms with Crippen LogP contribution in [0.3, 0.4) is 0 Å². The van der Waals surface area contributed by atoms with Gasteiger partial charge in [0.25, 0.3) is 0 Å². The van der Waals surface area contributed by atoms with Crippen LogP contribution in [0.2, 0.25) is 0 Å². The molecule has 0 aliphatic rings. The molecule has 3 N–H and O–H groups in total. The third kappa shape index (κ3) is 5.50. The number of phenolic OH excluding ortho intramolecular Hbond substituents is 1. The van der Waals surface area contributed by atoms with E-state index in [1.54, 1.807) is 0 Å². The largest absolute Gasteiger partial charge is 0.507 e. The number of hydrogen-bond donors (Lipinski definition) is 2. The molecule has 0 aliphatic heterocycles. The zero-order valence-electron chi connectivity index (χ0n) is 7.25. The lowest BCUT2D eigenvalue weighted by atomic mass is 10.2. The molecule has 0 saturated carbocycles. The van der Waals surface area contributed by atoms with Crippen LogP contribution in [0.4, 0.5) is 22.4 Å². The van der Waals surface area contributed by atoms with E-state index in [-0.39, 0.29) is 0 Å². The van der Waals surface area contributed by atoms with Gasteiger partial charge in [0.2, 0.25) is 0 Å². The number of rotatable bonds is 0. The van der Waals surface area contributed by atoms with Crippen LogP contribution in [0.15, 0.2) is 24.3 Å². The molecular weight excluding hydrogens is 218 g/mol. The molecule has 1 rings (SSSR count). The summed E-state index contributed by atoms with van der Waals surface area (Å²) in [4.78, 5) is 8.56. The van der Waals surface area contributed by atoms with Gasteiger partial charge in [-0.15, -0.1) is 4.39 Å². The Balaban J connectivity index is 0.000000423. The molecular formula is C8H7F4NO2. The van der Waals surface area contributed by atoms with Crippen molar-refractivity contribution in [3.05, 3.63) is 29.8 Å². The number of carbonyl (C=O) groups is 1. The Hall–Kier alpha value is -1.79. The average Bonchev–Trinajstić information content (AvgIpc) is 2.01. The number of amides is 1. The van der Waals surface area contributed by atoms with Gasteiger partial charge in [-0.05, 0) is 12.1 Å². The minimum atomic E-state index is -4.47. The van der Waals surface area contributed by atoms with Crippen molar-refractivity contribution in [2.75, 3.05) is 0 Å². The summed E-state index contributed by atoms with van der Waals surface area (Å²) < 4.78 is 45.8. The summed E-state index contributed by atoms with van der Waals surface area (Å²) in [5.41, 5.74) is 2.81. The molecule has 15 heavy (non-hydrogen) atoms. The molecule has 0 spiro atoms. The summed E-state index contributed by atoms with van der Waals surface area (Å²) >= 11 is 0. The summed E-state index contributed by atoms with van der Waals surface area (Å²) in [6.45, 7) is 0. The lowest BCUT2D eigenvalue weighted by molar-refractivity contribution is -0.138. The Morgan fingerprint density at radius 1 is 1.27 bits per heavy atom. The molecule has 0 fully saturated rings. The van der Waals surface area contributed by atoms with Gasteiger partial charge in [-0.1, -0.05) is 12.1 Å². The van der Waals surface area contributed by atoms with E-state index in [9.17, 15) is 17.6 Å². The summed E-state index contributed by atoms with van der Waals surface area (Å²) in [7, 11) is 0. The number of carbonyl (C=O) groups excluding carboxylic acids is 1. The number of alkyl halides is 3. The Morgan fingerprint density at radius 2 is 1.67 bits per heavy atom. The summed E-state index contributed by atoms with van der Waals surface area (Å²) in [6.07, 6.45) is -6.30. The predicted octanol–water partition coefficient (Wildman–Crippen LogP) is 2.45. The first-order valence-electron chi connectivity index (χ1n) is 3.55. The number of hydrogen-bond acceptors (Lipinski definition) is 2. The van der Waals surface area contributed by atoms with Crippen LogP contribution in [-0.2, 0) is 6.18 Å². The van der Waals surface area contributed by atoms with E-state index in [0.717, 1.165) is 12.1 Å². The zero-order chi connectivity index (χ0) is 12.1. The van der Waals surface area contributed by atoms with Gasteiger partial charge in [0, 0.05) is 0 Å². The third-order valence-corrected chi connectivity index (χ3v) is 1.21. The van der Waals surface area contributed by atoms with Gasteiger partial charge >= 0.3 is 12.3 Å². The number of nitrogens with two attached hydrogens (primary N) is 1. The molecule has 3 nitrogen and oxygen atoms in total. The quantitative estimate of drug-likeness (QED) is 0.404. The van der Waals surface area contributed by atoms with Gasteiger partial charge in [0.1, 0.15) is 5.75 Å². The molecule has 0 unspecified atom stereocenters. The Labute approximate surface area is 82.1 Å². The molecule has 0 aliphatic carbocycles. The van der Waals surface area contributed by atoms with Crippen LogP contribution in [0, 0.1) is 0 Å². The molecule has 1 amide bonds. The fourth-order valence-electron chi connectivity index (χ4n) is 0.713. The molecule has 0 aromatic heterocycles. The monoisotopic (exact) mass is 225 g/mol. The van der Waals surface area contributed by atoms with E-state index in [1.807, 2.05) is 0 Å². The second-order valence-corrected chi connectivity index (χ2v) is 2.32. The van der Waals surface area contributed by atoms with Crippen LogP contribution >= 0.6 is 0 Å². The summed E-state index contributed by atoms with van der Waals surface area (Å²) in [5.74, 6) is -0.736. The maximum Gasteiger partial charge on any atom is 0.419 e. The van der Waals surface area contributed by atoms with Crippen LogP contribution in [0.5, 0.6) is 5.75 Å². The molecule has 84 valence electrons. The highest BCUT2D eigenvalue weighted by Gasteiger charge is 2.33. The predicted molar refractivity (Wildman–Crippen MR) is 43.8 cm³/mol. The Kier molecular flexibility index (Phi) is 4.56. The van der Waals surface area contributed by atoms with Gasteiger partial charge in [0.05, 0.1) is 5.56 Å². The van der Waals surface area contributed by atoms with Crippen LogP contribution in [0.1, 0.15) is 5.56 Å². The number of primary amides is 1. The van der Waals surface area contributed by atoms with Crippen LogP contribution in [-0.4, -0.2) is 11.3 Å². The lowest BCUT2D eigenvalue weighted by Crippen LogP contribution is -2.04. The normalized spacial score (nSPS) is 10.1. The maximum atomic E-state index is 11.9. The first kappa shape index (κ1) is 13.2.